The van der Waals surface area contributed by atoms with Gasteiger partial charge >= 0.3 is 0 Å². The molecule has 158 valence electrons. The van der Waals surface area contributed by atoms with Gasteiger partial charge in [0.15, 0.2) is 5.82 Å². The Labute approximate surface area is 178 Å². The molecule has 1 fully saturated rings. The summed E-state index contributed by atoms with van der Waals surface area (Å²) in [5.74, 6) is -1.23. The first-order valence-corrected chi connectivity index (χ1v) is 9.76. The summed E-state index contributed by atoms with van der Waals surface area (Å²) in [4.78, 5) is 34.0. The molecular formula is C21H22ClFN4O3. The Balaban J connectivity index is 2.06. The van der Waals surface area contributed by atoms with Crippen LogP contribution in [-0.4, -0.2) is 52.9 Å². The van der Waals surface area contributed by atoms with E-state index in [0.717, 1.165) is 0 Å². The van der Waals surface area contributed by atoms with Gasteiger partial charge in [0.25, 0.3) is 5.91 Å². The highest BCUT2D eigenvalue weighted by atomic mass is 35.5. The monoisotopic (exact) mass is 432 g/mol. The van der Waals surface area contributed by atoms with E-state index in [0.29, 0.717) is 18.7 Å². The minimum absolute atomic E-state index is 0.0689. The number of aryl methyl sites for hydroxylation is 1. The lowest BCUT2D eigenvalue weighted by atomic mass is 9.98. The van der Waals surface area contributed by atoms with Crippen molar-refractivity contribution in [3.05, 3.63) is 58.8 Å². The number of ether oxygens (including phenoxy) is 1. The maximum absolute atomic E-state index is 14.9. The van der Waals surface area contributed by atoms with E-state index in [1.165, 1.54) is 26.1 Å². The molecule has 3 heterocycles. The second-order valence-corrected chi connectivity index (χ2v) is 7.30. The smallest absolute Gasteiger partial charge is 0.269 e. The molecule has 0 aromatic carbocycles. The molecule has 0 saturated carbocycles. The Morgan fingerprint density at radius 1 is 1.37 bits per heavy atom. The number of carbonyl (C=O) groups excluding carboxylic acids is 2. The number of nitrogens with one attached hydrogen (secondary N) is 1. The predicted molar refractivity (Wildman–Crippen MR) is 111 cm³/mol. The molecular weight excluding hydrogens is 411 g/mol. The lowest BCUT2D eigenvalue weighted by Crippen LogP contribution is -2.48. The maximum atomic E-state index is 14.9. The van der Waals surface area contributed by atoms with Gasteiger partial charge < -0.3 is 15.0 Å². The van der Waals surface area contributed by atoms with E-state index in [9.17, 15) is 14.0 Å². The fourth-order valence-electron chi connectivity index (χ4n) is 3.49. The summed E-state index contributed by atoms with van der Waals surface area (Å²) in [6.45, 7) is 7.66. The normalized spacial score (nSPS) is 18.8. The number of rotatable bonds is 4. The summed E-state index contributed by atoms with van der Waals surface area (Å²) < 4.78 is 20.8. The summed E-state index contributed by atoms with van der Waals surface area (Å²) in [6.07, 6.45) is 0.783. The van der Waals surface area contributed by atoms with Gasteiger partial charge in [0.05, 0.1) is 24.0 Å². The Kier molecular flexibility index (Phi) is 6.48. The molecule has 9 heteroatoms. The minimum atomic E-state index is -0.593. The molecule has 1 aliphatic heterocycles. The van der Waals surface area contributed by atoms with Crippen molar-refractivity contribution in [3.63, 3.8) is 0 Å². The van der Waals surface area contributed by atoms with E-state index in [-0.39, 0.29) is 39.7 Å². The van der Waals surface area contributed by atoms with Crippen molar-refractivity contribution in [2.24, 2.45) is 0 Å². The number of nitrogens with zero attached hydrogens (tertiary/aromatic N) is 3. The van der Waals surface area contributed by atoms with Crippen LogP contribution in [0.1, 0.15) is 34.8 Å². The first-order valence-electron chi connectivity index (χ1n) is 9.38. The largest absolute Gasteiger partial charge is 0.370 e. The van der Waals surface area contributed by atoms with Crippen LogP contribution >= 0.6 is 11.6 Å². The van der Waals surface area contributed by atoms with Crippen LogP contribution in [0.25, 0.3) is 11.3 Å². The van der Waals surface area contributed by atoms with Crippen molar-refractivity contribution in [1.29, 1.82) is 0 Å². The highest BCUT2D eigenvalue weighted by Gasteiger charge is 2.32. The molecule has 2 atom stereocenters. The summed E-state index contributed by atoms with van der Waals surface area (Å²) in [5.41, 5.74) is 1.13. The number of aromatic nitrogens is 2. The van der Waals surface area contributed by atoms with Crippen LogP contribution in [0.4, 0.5) is 4.39 Å². The molecule has 30 heavy (non-hydrogen) atoms. The van der Waals surface area contributed by atoms with Crippen LogP contribution in [0, 0.1) is 12.7 Å². The third kappa shape index (κ3) is 4.20. The number of amides is 2. The molecule has 0 aliphatic carbocycles. The van der Waals surface area contributed by atoms with E-state index in [2.05, 4.69) is 21.9 Å². The average molecular weight is 433 g/mol. The standard InChI is InChI=1S/C21H22ClFN4O3/c1-5-18(28)27-6-7-30-20(12(27)3)13-8-15(26-17(22)9-13)14-10-16(21(29)24-4)25-11(2)19(14)23/h5,8-10,12,20H,1,6-7H2,2-4H3,(H,24,29)/t12-,20+/m1/s1. The number of halogens is 2. The molecule has 2 aromatic rings. The summed E-state index contributed by atoms with van der Waals surface area (Å²) in [7, 11) is 1.47. The van der Waals surface area contributed by atoms with Crippen LogP contribution in [0.3, 0.4) is 0 Å². The summed E-state index contributed by atoms with van der Waals surface area (Å²) in [6, 6.07) is 4.32. The molecule has 0 unspecified atom stereocenters. The van der Waals surface area contributed by atoms with Gasteiger partial charge in [-0.05, 0) is 43.7 Å². The quantitative estimate of drug-likeness (QED) is 0.593. The lowest BCUT2D eigenvalue weighted by Gasteiger charge is -2.39. The van der Waals surface area contributed by atoms with Crippen LogP contribution in [0.2, 0.25) is 5.15 Å². The van der Waals surface area contributed by atoms with Crippen molar-refractivity contribution in [2.45, 2.75) is 26.0 Å². The molecule has 0 spiro atoms. The van der Waals surface area contributed by atoms with Crippen molar-refractivity contribution in [1.82, 2.24) is 20.2 Å². The highest BCUT2D eigenvalue weighted by molar-refractivity contribution is 6.29. The van der Waals surface area contributed by atoms with E-state index in [1.807, 2.05) is 6.92 Å². The average Bonchev–Trinajstić information content (AvgIpc) is 2.74. The fraction of sp³-hybridized carbons (Fsp3) is 0.333. The zero-order valence-electron chi connectivity index (χ0n) is 16.9. The van der Waals surface area contributed by atoms with Crippen molar-refractivity contribution >= 4 is 23.4 Å². The Morgan fingerprint density at radius 3 is 2.77 bits per heavy atom. The molecule has 7 nitrogen and oxygen atoms in total. The summed E-state index contributed by atoms with van der Waals surface area (Å²) >= 11 is 6.23. The number of pyridine rings is 2. The zero-order chi connectivity index (χ0) is 22.0. The van der Waals surface area contributed by atoms with Gasteiger partial charge in [0, 0.05) is 19.2 Å². The molecule has 1 saturated heterocycles. The second kappa shape index (κ2) is 8.89. The van der Waals surface area contributed by atoms with Crippen molar-refractivity contribution < 1.29 is 18.7 Å². The van der Waals surface area contributed by atoms with E-state index >= 15 is 0 Å². The Hall–Kier alpha value is -2.84. The van der Waals surface area contributed by atoms with Gasteiger partial charge in [0.1, 0.15) is 17.0 Å². The lowest BCUT2D eigenvalue weighted by molar-refractivity contribution is -0.140. The van der Waals surface area contributed by atoms with Gasteiger partial charge in [-0.2, -0.15) is 0 Å². The first-order chi connectivity index (χ1) is 14.3. The summed E-state index contributed by atoms with van der Waals surface area (Å²) in [5, 5.41) is 2.61. The van der Waals surface area contributed by atoms with Crippen molar-refractivity contribution in [3.8, 4) is 11.3 Å². The molecule has 1 aliphatic rings. The van der Waals surface area contributed by atoms with Crippen LogP contribution in [0.15, 0.2) is 30.9 Å². The third-order valence-corrected chi connectivity index (χ3v) is 5.21. The van der Waals surface area contributed by atoms with Crippen molar-refractivity contribution in [2.75, 3.05) is 20.2 Å². The molecule has 0 bridgehead atoms. The number of carbonyl (C=O) groups is 2. The van der Waals surface area contributed by atoms with Crippen LogP contribution in [0.5, 0.6) is 0 Å². The van der Waals surface area contributed by atoms with Crippen LogP contribution < -0.4 is 5.32 Å². The van der Waals surface area contributed by atoms with Crippen LogP contribution in [-0.2, 0) is 9.53 Å². The third-order valence-electron chi connectivity index (χ3n) is 5.02. The molecule has 2 aromatic heterocycles. The number of morpholine rings is 1. The van der Waals surface area contributed by atoms with Gasteiger partial charge in [-0.3, -0.25) is 9.59 Å². The SMILES string of the molecule is C=CC(=O)N1CCO[C@H](c2cc(Cl)nc(-c3cc(C(=O)NC)nc(C)c3F)c2)[C@H]1C. The fourth-order valence-corrected chi connectivity index (χ4v) is 3.71. The van der Waals surface area contributed by atoms with Gasteiger partial charge in [0.2, 0.25) is 5.91 Å². The Morgan fingerprint density at radius 2 is 2.10 bits per heavy atom. The molecule has 1 N–H and O–H groups in total. The predicted octanol–water partition coefficient (Wildman–Crippen LogP) is 3.08. The van der Waals surface area contributed by atoms with E-state index < -0.39 is 17.8 Å². The van der Waals surface area contributed by atoms with Gasteiger partial charge in [-0.1, -0.05) is 18.2 Å². The van der Waals surface area contributed by atoms with E-state index in [1.54, 1.807) is 17.0 Å². The van der Waals surface area contributed by atoms with Gasteiger partial charge in [-0.15, -0.1) is 0 Å². The second-order valence-electron chi connectivity index (χ2n) is 6.91. The molecule has 2 amide bonds. The zero-order valence-corrected chi connectivity index (χ0v) is 17.7. The highest BCUT2D eigenvalue weighted by Crippen LogP contribution is 2.33. The first kappa shape index (κ1) is 21.9. The maximum Gasteiger partial charge on any atom is 0.269 e. The molecule has 0 radical (unpaired) electrons. The number of hydrogen-bond acceptors (Lipinski definition) is 5. The van der Waals surface area contributed by atoms with Gasteiger partial charge in [-0.25, -0.2) is 14.4 Å². The number of hydrogen-bond donors (Lipinski definition) is 1. The Bertz CT molecular complexity index is 1010. The topological polar surface area (TPSA) is 84.4 Å². The molecule has 3 rings (SSSR count). The minimum Gasteiger partial charge on any atom is -0.370 e. The van der Waals surface area contributed by atoms with E-state index in [4.69, 9.17) is 16.3 Å².